The van der Waals surface area contributed by atoms with Crippen LogP contribution in [0.2, 0.25) is 0 Å². The highest BCUT2D eigenvalue weighted by atomic mass is 15.0. The van der Waals surface area contributed by atoms with Gasteiger partial charge in [0.15, 0.2) is 0 Å². The summed E-state index contributed by atoms with van der Waals surface area (Å²) in [5.41, 5.74) is 39.0. The normalized spacial score (nSPS) is 10.4. The zero-order valence-corrected chi connectivity index (χ0v) is 97.9. The van der Waals surface area contributed by atoms with Gasteiger partial charge in [-0.25, -0.2) is 0 Å². The second-order valence-electron chi connectivity index (χ2n) is 32.1. The smallest absolute Gasteiger partial charge is 0.0530 e. The van der Waals surface area contributed by atoms with Crippen molar-refractivity contribution < 1.29 is 0 Å². The molecule has 6 nitrogen and oxygen atoms in total. The summed E-state index contributed by atoms with van der Waals surface area (Å²) >= 11 is 0. The molecule has 6 heterocycles. The average molecular weight is 1940 g/mol. The highest BCUT2D eigenvalue weighted by Gasteiger charge is 2.28. The van der Waals surface area contributed by atoms with Crippen molar-refractivity contribution in [2.24, 2.45) is 28.2 Å². The van der Waals surface area contributed by atoms with Gasteiger partial charge in [0.1, 0.15) is 0 Å². The number of nitrogens with zero attached hydrogens (tertiary/aromatic N) is 6. The van der Waals surface area contributed by atoms with E-state index in [1.165, 1.54) is 239 Å². The number of rotatable bonds is 2. The molecule has 0 bridgehead atoms. The van der Waals surface area contributed by atoms with E-state index in [1.807, 2.05) is 194 Å². The van der Waals surface area contributed by atoms with Crippen molar-refractivity contribution in [1.82, 2.24) is 27.4 Å². The lowest BCUT2D eigenvalue weighted by atomic mass is 9.99. The molecule has 25 rings (SSSR count). The van der Waals surface area contributed by atoms with E-state index >= 15 is 0 Å². The largest absolute Gasteiger partial charge is 0.344 e. The predicted molar refractivity (Wildman–Crippen MR) is 665 cm³/mol. The van der Waals surface area contributed by atoms with Gasteiger partial charge in [-0.3, -0.25) is 0 Å². The Balaban J connectivity index is 0.000000349. The summed E-state index contributed by atoms with van der Waals surface area (Å²) in [7, 11) is 8.66. The van der Waals surface area contributed by atoms with E-state index in [9.17, 15) is 0 Å². The SMILES string of the molecule is CC.CC.CC.CC.CC.CC.CC.CC.CC.CC.CC.CC.CC.CC.CCC.CCC.CCC.CCn1c2ccccc2c2c3c(ccc21)Cc1ccccc1-3.CCn1c2ccccc2c2cc3c(cc21)-c1ccccc1C3.Cn1c2ccccc2c2c3c(ccc21)Cc1ccccc1-3.Cn1c2ccccc2c2c3c4ccccc4n(C)c3ccc21.Cn1c2ccccc2c2ccc3c(c21)Cc1ccccc1-3. The zero-order chi connectivity index (χ0) is 108. The minimum atomic E-state index is 1.00. The van der Waals surface area contributed by atoms with Crippen molar-refractivity contribution in [2.75, 3.05) is 0 Å². The van der Waals surface area contributed by atoms with Gasteiger partial charge in [-0.2, -0.15) is 0 Å². The number of para-hydroxylation sites is 6. The van der Waals surface area contributed by atoms with Gasteiger partial charge in [-0.05, 0) is 195 Å². The number of fused-ring (bicyclic) bond motifs is 34. The maximum atomic E-state index is 2.44. The molecule has 0 unspecified atom stereocenters. The summed E-state index contributed by atoms with van der Waals surface area (Å²) in [6, 6.07) is 111. The van der Waals surface area contributed by atoms with Crippen molar-refractivity contribution in [3.05, 3.63) is 348 Å². The Kier molecular flexibility index (Phi) is 56.2. The van der Waals surface area contributed by atoms with E-state index < -0.39 is 0 Å². The van der Waals surface area contributed by atoms with Crippen molar-refractivity contribution >= 4 is 131 Å². The van der Waals surface area contributed by atoms with Crippen LogP contribution in [0.5, 0.6) is 0 Å². The average Bonchev–Trinajstić information content (AvgIpc) is 1.57. The standard InChI is InChI=1S/2C21H17N.C20H16N2.2C20H15N.3C3H8.14C2H6/c1-2-22-20-10-6-5-9-17(20)19-12-15-11-14-7-3-4-8-16(14)18(15)13-21(19)22;1-2-22-18-10-6-5-9-17(18)21-19(22)12-11-15-13-14-7-3-4-8-16(14)20(15)21;1-21-15-9-5-3-7-13(15)19-17(21)11-12-18-20(19)14-8-4-6-10-16(14)22(18)2;1-21-17-9-5-4-8-16(17)20-18(21)11-10-14-12-13-6-2-3-7-15(13)19(14)20;1-21-19-9-5-4-8-16(19)17-11-10-15-14-7-3-2-6-13(14)12-18(15)20(17)21;3*1-3-2;14*1-2/h3-10,12-13H,2,11H2,1H3;3-12H,2,13H2,1H3;3-12H,1-2H3;2*2-11H,12H2,1H3;3*3H2,1-2H3;14*1-2H3. The number of hydrogen-bond donors (Lipinski definition) is 0. The van der Waals surface area contributed by atoms with Crippen molar-refractivity contribution in [3.8, 4) is 44.5 Å². The Bertz CT molecular complexity index is 7290. The molecule has 4 aliphatic rings. The lowest BCUT2D eigenvalue weighted by Crippen LogP contribution is -1.93. The van der Waals surface area contributed by atoms with Crippen LogP contribution in [0.25, 0.3) is 175 Å². The first-order chi connectivity index (χ1) is 71.4. The van der Waals surface area contributed by atoms with Gasteiger partial charge >= 0.3 is 0 Å². The van der Waals surface area contributed by atoms with Crippen molar-refractivity contribution in [2.45, 2.75) is 307 Å². The second kappa shape index (κ2) is 65.5. The minimum Gasteiger partial charge on any atom is -0.344 e. The Morgan fingerprint density at radius 2 is 0.434 bits per heavy atom. The van der Waals surface area contributed by atoms with Crippen LogP contribution in [-0.2, 0) is 67.0 Å². The van der Waals surface area contributed by atoms with E-state index in [2.05, 4.69) is 414 Å². The second-order valence-corrected chi connectivity index (χ2v) is 32.1. The molecule has 0 aliphatic heterocycles. The van der Waals surface area contributed by atoms with Gasteiger partial charge in [-0.1, -0.05) is 485 Å². The van der Waals surface area contributed by atoms with E-state index in [0.29, 0.717) is 0 Å². The molecule has 0 spiro atoms. The summed E-state index contributed by atoms with van der Waals surface area (Å²) in [4.78, 5) is 0. The summed E-state index contributed by atoms with van der Waals surface area (Å²) in [6.07, 6.45) is 7.98. The van der Waals surface area contributed by atoms with Gasteiger partial charge in [0, 0.05) is 173 Å². The van der Waals surface area contributed by atoms with Crippen LogP contribution < -0.4 is 0 Å². The molecule has 0 atom stereocenters. The monoisotopic (exact) mass is 1940 g/mol. The third-order valence-corrected chi connectivity index (χ3v) is 24.6. The predicted octanol–water partition coefficient (Wildman–Crippen LogP) is 44.2. The third kappa shape index (κ3) is 26.1. The number of aryl methyl sites for hydroxylation is 6. The van der Waals surface area contributed by atoms with Crippen LogP contribution >= 0.6 is 0 Å². The molecule has 0 N–H and O–H groups in total. The Morgan fingerprint density at radius 3 is 0.828 bits per heavy atom. The minimum absolute atomic E-state index is 1.00. The summed E-state index contributed by atoms with van der Waals surface area (Å²) < 4.78 is 14.1. The fraction of sp³-hybridized carbons (Fsp3) is 0.353. The van der Waals surface area contributed by atoms with Crippen LogP contribution in [-0.4, -0.2) is 27.4 Å². The van der Waals surface area contributed by atoms with E-state index in [4.69, 9.17) is 0 Å². The van der Waals surface area contributed by atoms with Crippen LogP contribution in [0.15, 0.2) is 303 Å². The molecular formula is C139H188N6. The lowest BCUT2D eigenvalue weighted by Gasteiger charge is -2.06. The van der Waals surface area contributed by atoms with E-state index in [-0.39, 0.29) is 0 Å². The summed E-state index contributed by atoms with van der Waals surface area (Å²) in [5.74, 6) is 0. The Labute approximate surface area is 880 Å². The molecule has 0 fully saturated rings. The maximum absolute atomic E-state index is 2.44. The number of hydrogen-bond acceptors (Lipinski definition) is 0. The van der Waals surface area contributed by atoms with Gasteiger partial charge in [0.2, 0.25) is 0 Å². The Morgan fingerprint density at radius 1 is 0.172 bits per heavy atom. The van der Waals surface area contributed by atoms with Gasteiger partial charge in [0.25, 0.3) is 0 Å². The topological polar surface area (TPSA) is 29.6 Å². The quantitative estimate of drug-likeness (QED) is 0.165. The van der Waals surface area contributed by atoms with Gasteiger partial charge < -0.3 is 27.4 Å². The van der Waals surface area contributed by atoms with E-state index in [1.54, 1.807) is 0 Å². The first kappa shape index (κ1) is 124. The van der Waals surface area contributed by atoms with E-state index in [0.717, 1.165) is 38.8 Å². The number of benzene rings is 15. The van der Waals surface area contributed by atoms with Crippen LogP contribution in [0.1, 0.15) is 313 Å². The fourth-order valence-corrected chi connectivity index (χ4v) is 19.8. The van der Waals surface area contributed by atoms with Crippen molar-refractivity contribution in [1.29, 1.82) is 0 Å². The maximum Gasteiger partial charge on any atom is 0.0530 e. The van der Waals surface area contributed by atoms with Crippen LogP contribution in [0, 0.1) is 0 Å². The highest BCUT2D eigenvalue weighted by molar-refractivity contribution is 6.28. The molecular weight excluding hydrogens is 1750 g/mol. The molecule has 0 saturated carbocycles. The summed E-state index contributed by atoms with van der Waals surface area (Å²) in [5, 5.41) is 16.5. The molecule has 6 heteroatoms. The highest BCUT2D eigenvalue weighted by Crippen LogP contribution is 2.49. The third-order valence-electron chi connectivity index (χ3n) is 24.6. The molecule has 0 radical (unpaired) electrons. The van der Waals surface area contributed by atoms with Crippen LogP contribution in [0.4, 0.5) is 0 Å². The molecule has 21 aromatic rings. The summed E-state index contributed by atoms with van der Waals surface area (Å²) in [6.45, 7) is 75.2. The molecule has 15 aromatic carbocycles. The van der Waals surface area contributed by atoms with Crippen molar-refractivity contribution in [3.63, 3.8) is 0 Å². The number of aromatic nitrogens is 6. The molecule has 774 valence electrons. The molecule has 145 heavy (non-hydrogen) atoms. The fourth-order valence-electron chi connectivity index (χ4n) is 19.8. The Hall–Kier alpha value is -12.9. The lowest BCUT2D eigenvalue weighted by molar-refractivity contribution is 0.827. The molecule has 0 saturated heterocycles. The van der Waals surface area contributed by atoms with Crippen LogP contribution in [0.3, 0.4) is 0 Å². The zero-order valence-electron chi connectivity index (χ0n) is 97.9. The van der Waals surface area contributed by atoms with Gasteiger partial charge in [0.05, 0.1) is 5.52 Å². The first-order valence-corrected chi connectivity index (χ1v) is 56.7. The molecule has 4 aliphatic carbocycles. The molecule has 0 amide bonds. The first-order valence-electron chi connectivity index (χ1n) is 56.7. The molecule has 6 aromatic heterocycles. The van der Waals surface area contributed by atoms with Gasteiger partial charge in [-0.15, -0.1) is 0 Å².